The highest BCUT2D eigenvalue weighted by atomic mass is 32.2. The van der Waals surface area contributed by atoms with Crippen molar-refractivity contribution in [3.63, 3.8) is 0 Å². The lowest BCUT2D eigenvalue weighted by Gasteiger charge is -2.29. The van der Waals surface area contributed by atoms with Crippen molar-refractivity contribution in [1.29, 1.82) is 0 Å². The molecule has 1 N–H and O–H groups in total. The Bertz CT molecular complexity index is 669. The van der Waals surface area contributed by atoms with Gasteiger partial charge in [-0.25, -0.2) is 12.8 Å². The highest BCUT2D eigenvalue weighted by Gasteiger charge is 2.32. The summed E-state index contributed by atoms with van der Waals surface area (Å²) in [6.07, 6.45) is 6.02. The van der Waals surface area contributed by atoms with E-state index in [0.717, 1.165) is 38.4 Å². The zero-order valence-corrected chi connectivity index (χ0v) is 14.2. The lowest BCUT2D eigenvalue weighted by molar-refractivity contribution is -0.144. The Morgan fingerprint density at radius 1 is 1.30 bits per heavy atom. The first-order valence-electron chi connectivity index (χ1n) is 7.67. The Hall–Kier alpha value is -1.63. The van der Waals surface area contributed by atoms with E-state index in [1.54, 1.807) is 6.07 Å². The molecule has 1 aromatic carbocycles. The Morgan fingerprint density at radius 2 is 1.96 bits per heavy atom. The van der Waals surface area contributed by atoms with Gasteiger partial charge in [0.15, 0.2) is 0 Å². The monoisotopic (exact) mass is 343 g/mol. The molecule has 0 amide bonds. The predicted molar refractivity (Wildman–Crippen MR) is 86.2 cm³/mol. The van der Waals surface area contributed by atoms with Gasteiger partial charge in [0, 0.05) is 0 Å². The van der Waals surface area contributed by atoms with E-state index < -0.39 is 21.8 Å². The predicted octanol–water partition coefficient (Wildman–Crippen LogP) is 3.03. The largest absolute Gasteiger partial charge is 0.469 e. The van der Waals surface area contributed by atoms with Crippen molar-refractivity contribution in [3.8, 4) is 0 Å². The van der Waals surface area contributed by atoms with E-state index in [2.05, 4.69) is 4.72 Å². The number of ether oxygens (including phenoxy) is 1. The van der Waals surface area contributed by atoms with Crippen LogP contribution in [0.15, 0.2) is 18.2 Å². The Balaban J connectivity index is 2.31. The van der Waals surface area contributed by atoms with E-state index in [-0.39, 0.29) is 17.6 Å². The number of carbonyl (C=O) groups is 1. The van der Waals surface area contributed by atoms with Crippen LogP contribution < -0.4 is 4.72 Å². The molecule has 0 aliphatic heterocycles. The quantitative estimate of drug-likeness (QED) is 0.834. The molecule has 0 radical (unpaired) electrons. The molecule has 1 aliphatic carbocycles. The molecule has 1 fully saturated rings. The molecule has 1 aliphatic rings. The number of sulfonamides is 1. The van der Waals surface area contributed by atoms with Gasteiger partial charge in [-0.1, -0.05) is 25.3 Å². The zero-order chi connectivity index (χ0) is 17.0. The van der Waals surface area contributed by atoms with Crippen LogP contribution in [0.5, 0.6) is 0 Å². The number of esters is 1. The maximum atomic E-state index is 14.2. The van der Waals surface area contributed by atoms with Crippen LogP contribution in [0.1, 0.15) is 43.6 Å². The van der Waals surface area contributed by atoms with Gasteiger partial charge in [0.25, 0.3) is 0 Å². The number of methoxy groups -OCH3 is 1. The fraction of sp³-hybridized carbons (Fsp3) is 0.562. The number of rotatable bonds is 5. The van der Waals surface area contributed by atoms with Gasteiger partial charge in [-0.3, -0.25) is 9.52 Å². The van der Waals surface area contributed by atoms with Crippen LogP contribution in [0.25, 0.3) is 0 Å². The second-order valence-corrected chi connectivity index (χ2v) is 7.76. The average Bonchev–Trinajstić information content (AvgIpc) is 2.50. The molecule has 1 unspecified atom stereocenters. The van der Waals surface area contributed by atoms with Crippen molar-refractivity contribution in [1.82, 2.24) is 0 Å². The summed E-state index contributed by atoms with van der Waals surface area (Å²) in [5.74, 6) is -1.45. The first-order chi connectivity index (χ1) is 10.8. The molecule has 1 aromatic rings. The van der Waals surface area contributed by atoms with Crippen molar-refractivity contribution >= 4 is 21.7 Å². The maximum absolute atomic E-state index is 14.2. The lowest BCUT2D eigenvalue weighted by atomic mass is 9.77. The number of nitrogens with one attached hydrogen (secondary N) is 1. The number of hydrogen-bond acceptors (Lipinski definition) is 4. The molecule has 0 bridgehead atoms. The first-order valence-corrected chi connectivity index (χ1v) is 9.56. The van der Waals surface area contributed by atoms with Crippen molar-refractivity contribution in [2.75, 3.05) is 18.1 Å². The van der Waals surface area contributed by atoms with Gasteiger partial charge < -0.3 is 4.74 Å². The Kier molecular flexibility index (Phi) is 5.62. The summed E-state index contributed by atoms with van der Waals surface area (Å²) in [5, 5.41) is 0. The molecule has 128 valence electrons. The molecule has 0 aromatic heterocycles. The minimum Gasteiger partial charge on any atom is -0.469 e. The molecular formula is C16H22FNO4S. The molecule has 0 heterocycles. The smallest absolute Gasteiger partial charge is 0.313 e. The molecule has 5 nitrogen and oxygen atoms in total. The van der Waals surface area contributed by atoms with Crippen LogP contribution >= 0.6 is 0 Å². The van der Waals surface area contributed by atoms with Gasteiger partial charge in [0.05, 0.1) is 25.0 Å². The number of halogens is 1. The summed E-state index contributed by atoms with van der Waals surface area (Å²) >= 11 is 0. The Morgan fingerprint density at radius 3 is 2.48 bits per heavy atom. The fourth-order valence-corrected chi connectivity index (χ4v) is 3.77. The normalized spacial score (nSPS) is 17.5. The average molecular weight is 343 g/mol. The van der Waals surface area contributed by atoms with Crippen LogP contribution in [0.4, 0.5) is 10.1 Å². The lowest BCUT2D eigenvalue weighted by Crippen LogP contribution is -2.25. The third kappa shape index (κ3) is 4.67. The summed E-state index contributed by atoms with van der Waals surface area (Å²) in [6.45, 7) is 0. The summed E-state index contributed by atoms with van der Waals surface area (Å²) < 4.78 is 43.7. The van der Waals surface area contributed by atoms with E-state index in [4.69, 9.17) is 4.74 Å². The minimum absolute atomic E-state index is 0.122. The second-order valence-electron chi connectivity index (χ2n) is 6.01. The molecule has 7 heteroatoms. The van der Waals surface area contributed by atoms with Gasteiger partial charge in [-0.05, 0) is 36.5 Å². The summed E-state index contributed by atoms with van der Waals surface area (Å²) in [7, 11) is -2.23. The maximum Gasteiger partial charge on any atom is 0.313 e. The molecule has 2 rings (SSSR count). The number of anilines is 1. The first kappa shape index (κ1) is 17.7. The number of hydrogen-bond donors (Lipinski definition) is 1. The standard InChI is InChI=1S/C16H22FNO4S/c1-22-16(19)15(11-6-4-3-5-7-11)12-8-9-14(13(17)10-12)18-23(2,20)21/h8-11,15,18H,3-7H2,1-2H3. The topological polar surface area (TPSA) is 72.5 Å². The van der Waals surface area contributed by atoms with E-state index >= 15 is 0 Å². The van der Waals surface area contributed by atoms with E-state index in [9.17, 15) is 17.6 Å². The van der Waals surface area contributed by atoms with E-state index in [1.165, 1.54) is 19.2 Å². The minimum atomic E-state index is -3.56. The van der Waals surface area contributed by atoms with Gasteiger partial charge in [-0.2, -0.15) is 0 Å². The van der Waals surface area contributed by atoms with Crippen LogP contribution in [0, 0.1) is 11.7 Å². The molecule has 1 atom stereocenters. The van der Waals surface area contributed by atoms with E-state index in [1.807, 2.05) is 0 Å². The second kappa shape index (κ2) is 7.29. The van der Waals surface area contributed by atoms with Crippen molar-refractivity contribution in [2.45, 2.75) is 38.0 Å². The summed E-state index contributed by atoms with van der Waals surface area (Å²) in [6, 6.07) is 4.17. The van der Waals surface area contributed by atoms with Crippen molar-refractivity contribution in [3.05, 3.63) is 29.6 Å². The van der Waals surface area contributed by atoms with Crippen molar-refractivity contribution < 1.29 is 22.3 Å². The number of benzene rings is 1. The SMILES string of the molecule is COC(=O)C(c1ccc(NS(C)(=O)=O)c(F)c1)C1CCCCC1. The molecule has 0 spiro atoms. The van der Waals surface area contributed by atoms with Crippen molar-refractivity contribution in [2.24, 2.45) is 5.92 Å². The highest BCUT2D eigenvalue weighted by Crippen LogP contribution is 2.37. The van der Waals surface area contributed by atoms with Gasteiger partial charge >= 0.3 is 5.97 Å². The Labute approximate surface area is 136 Å². The molecule has 0 saturated heterocycles. The van der Waals surface area contributed by atoms with Gasteiger partial charge in [-0.15, -0.1) is 0 Å². The van der Waals surface area contributed by atoms with E-state index in [0.29, 0.717) is 5.56 Å². The van der Waals surface area contributed by atoms with Crippen LogP contribution in [-0.2, 0) is 19.6 Å². The third-order valence-corrected chi connectivity index (χ3v) is 4.81. The number of carbonyl (C=O) groups excluding carboxylic acids is 1. The van der Waals surface area contributed by atoms with Gasteiger partial charge in [0.2, 0.25) is 10.0 Å². The molecule has 23 heavy (non-hydrogen) atoms. The zero-order valence-electron chi connectivity index (χ0n) is 13.3. The molecule has 1 saturated carbocycles. The summed E-state index contributed by atoms with van der Waals surface area (Å²) in [4.78, 5) is 12.2. The third-order valence-electron chi connectivity index (χ3n) is 4.22. The van der Waals surface area contributed by atoms with Crippen LogP contribution in [-0.4, -0.2) is 27.8 Å². The van der Waals surface area contributed by atoms with Crippen LogP contribution in [0.3, 0.4) is 0 Å². The fourth-order valence-electron chi connectivity index (χ4n) is 3.20. The molecular weight excluding hydrogens is 321 g/mol. The van der Waals surface area contributed by atoms with Crippen LogP contribution in [0.2, 0.25) is 0 Å². The highest BCUT2D eigenvalue weighted by molar-refractivity contribution is 7.92. The van der Waals surface area contributed by atoms with Gasteiger partial charge in [0.1, 0.15) is 5.82 Å². The summed E-state index contributed by atoms with van der Waals surface area (Å²) in [5.41, 5.74) is 0.406.